The van der Waals surface area contributed by atoms with Gasteiger partial charge in [0.05, 0.1) is 0 Å². The van der Waals surface area contributed by atoms with E-state index in [-0.39, 0.29) is 29.7 Å². The average Bonchev–Trinajstić information content (AvgIpc) is 3.19. The fraction of sp³-hybridized carbons (Fsp3) is 0.591. The fourth-order valence-electron chi connectivity index (χ4n) is 5.68. The minimum atomic E-state index is -0.554. The van der Waals surface area contributed by atoms with Gasteiger partial charge >= 0.3 is 0 Å². The monoisotopic (exact) mass is 396 g/mol. The van der Waals surface area contributed by atoms with Gasteiger partial charge in [-0.05, 0) is 62.4 Å². The van der Waals surface area contributed by atoms with Gasteiger partial charge in [-0.1, -0.05) is 12.1 Å². The van der Waals surface area contributed by atoms with Crippen LogP contribution in [-0.4, -0.2) is 59.2 Å². The van der Waals surface area contributed by atoms with Crippen molar-refractivity contribution in [3.05, 3.63) is 34.9 Å². The number of fused-ring (bicyclic) bond motifs is 3. The Kier molecular flexibility index (Phi) is 4.47. The highest BCUT2D eigenvalue weighted by atomic mass is 16.2. The molecule has 1 saturated carbocycles. The van der Waals surface area contributed by atoms with Crippen LogP contribution in [0.1, 0.15) is 53.6 Å². The number of piperidine rings is 2. The van der Waals surface area contributed by atoms with Crippen LogP contribution in [0.4, 0.5) is 0 Å². The molecule has 2 saturated heterocycles. The summed E-state index contributed by atoms with van der Waals surface area (Å²) in [5, 5.41) is 5.95. The minimum absolute atomic E-state index is 0.0996. The molecular weight excluding hydrogens is 368 g/mol. The summed E-state index contributed by atoms with van der Waals surface area (Å²) in [4.78, 5) is 40.7. The van der Waals surface area contributed by atoms with Crippen molar-refractivity contribution < 1.29 is 14.4 Å². The molecule has 2 N–H and O–H groups in total. The molecule has 0 aromatic heterocycles. The van der Waals surface area contributed by atoms with Crippen LogP contribution in [0.15, 0.2) is 18.2 Å². The highest BCUT2D eigenvalue weighted by Gasteiger charge is 2.45. The first-order chi connectivity index (χ1) is 13.9. The van der Waals surface area contributed by atoms with Gasteiger partial charge in [0.15, 0.2) is 0 Å². The molecule has 3 heterocycles. The maximum absolute atomic E-state index is 13.0. The number of rotatable bonds is 4. The Morgan fingerprint density at radius 1 is 1.24 bits per heavy atom. The lowest BCUT2D eigenvalue weighted by Crippen LogP contribution is -2.54. The highest BCUT2D eigenvalue weighted by Crippen LogP contribution is 2.41. The Morgan fingerprint density at radius 2 is 2.10 bits per heavy atom. The van der Waals surface area contributed by atoms with E-state index < -0.39 is 6.04 Å². The molecule has 5 rings (SSSR count). The van der Waals surface area contributed by atoms with Crippen molar-refractivity contribution in [2.45, 2.75) is 56.8 Å². The number of nitrogens with one attached hydrogen (secondary N) is 2. The molecule has 3 aliphatic heterocycles. The van der Waals surface area contributed by atoms with Crippen LogP contribution in [0.5, 0.6) is 0 Å². The van der Waals surface area contributed by atoms with Gasteiger partial charge in [0.1, 0.15) is 6.04 Å². The Bertz CT molecular complexity index is 881. The summed E-state index contributed by atoms with van der Waals surface area (Å²) in [7, 11) is 2.19. The number of hydrogen-bond acceptors (Lipinski definition) is 5. The summed E-state index contributed by atoms with van der Waals surface area (Å²) in [5.41, 5.74) is 3.02. The van der Waals surface area contributed by atoms with E-state index in [9.17, 15) is 14.4 Å². The summed E-state index contributed by atoms with van der Waals surface area (Å²) in [6.07, 6.45) is 4.46. The van der Waals surface area contributed by atoms with Crippen LogP contribution in [0.3, 0.4) is 0 Å². The van der Waals surface area contributed by atoms with Crippen molar-refractivity contribution in [2.75, 3.05) is 20.1 Å². The smallest absolute Gasteiger partial charge is 0.255 e. The van der Waals surface area contributed by atoms with Gasteiger partial charge < -0.3 is 10.2 Å². The molecule has 4 aliphatic rings. The van der Waals surface area contributed by atoms with E-state index in [1.165, 1.54) is 19.3 Å². The highest BCUT2D eigenvalue weighted by molar-refractivity contribution is 6.05. The van der Waals surface area contributed by atoms with E-state index in [0.717, 1.165) is 36.7 Å². The maximum atomic E-state index is 13.0. The second-order valence-electron chi connectivity index (χ2n) is 9.21. The van der Waals surface area contributed by atoms with Crippen LogP contribution in [0.25, 0.3) is 0 Å². The largest absolute Gasteiger partial charge is 0.322 e. The van der Waals surface area contributed by atoms with Crippen molar-refractivity contribution in [1.82, 2.24) is 20.4 Å². The topological polar surface area (TPSA) is 81.8 Å². The molecule has 3 atom stereocenters. The quantitative estimate of drug-likeness (QED) is 0.743. The molecular formula is C22H28N4O3. The number of hydrogen-bond donors (Lipinski definition) is 2. The second-order valence-corrected chi connectivity index (χ2v) is 9.21. The Balaban J connectivity index is 1.31. The molecule has 29 heavy (non-hydrogen) atoms. The first-order valence-electron chi connectivity index (χ1n) is 10.6. The van der Waals surface area contributed by atoms with Gasteiger partial charge in [0.25, 0.3) is 5.91 Å². The zero-order valence-corrected chi connectivity index (χ0v) is 16.9. The molecule has 3 amide bonds. The lowest BCUT2D eigenvalue weighted by molar-refractivity contribution is -0.136. The van der Waals surface area contributed by atoms with Crippen LogP contribution in [-0.2, 0) is 22.7 Å². The van der Waals surface area contributed by atoms with Crippen molar-refractivity contribution in [1.29, 1.82) is 0 Å². The molecule has 7 nitrogen and oxygen atoms in total. The predicted octanol–water partition coefficient (Wildman–Crippen LogP) is 1.02. The third-order valence-corrected chi connectivity index (χ3v) is 7.40. The number of benzene rings is 1. The maximum Gasteiger partial charge on any atom is 0.255 e. The van der Waals surface area contributed by atoms with E-state index in [1.807, 2.05) is 12.1 Å². The van der Waals surface area contributed by atoms with Gasteiger partial charge in [0.2, 0.25) is 11.8 Å². The van der Waals surface area contributed by atoms with Crippen molar-refractivity contribution in [3.63, 3.8) is 0 Å². The fourth-order valence-corrected chi connectivity index (χ4v) is 5.68. The van der Waals surface area contributed by atoms with Crippen LogP contribution in [0, 0.1) is 5.92 Å². The number of amides is 3. The number of carbonyl (C=O) groups excluding carboxylic acids is 3. The third-order valence-electron chi connectivity index (χ3n) is 7.40. The van der Waals surface area contributed by atoms with Crippen LogP contribution >= 0.6 is 0 Å². The molecule has 154 valence electrons. The van der Waals surface area contributed by atoms with E-state index in [1.54, 1.807) is 4.90 Å². The summed E-state index contributed by atoms with van der Waals surface area (Å²) >= 11 is 0. The van der Waals surface area contributed by atoms with Gasteiger partial charge in [-0.2, -0.15) is 0 Å². The molecule has 0 radical (unpaired) electrons. The van der Waals surface area contributed by atoms with E-state index in [4.69, 9.17) is 0 Å². The van der Waals surface area contributed by atoms with E-state index in [0.29, 0.717) is 18.5 Å². The van der Waals surface area contributed by atoms with Crippen molar-refractivity contribution in [3.8, 4) is 0 Å². The molecule has 1 aliphatic carbocycles. The number of nitrogens with zero attached hydrogens (tertiary/aromatic N) is 2. The molecule has 3 unspecified atom stereocenters. The summed E-state index contributed by atoms with van der Waals surface area (Å²) < 4.78 is 0. The zero-order chi connectivity index (χ0) is 20.2. The molecule has 1 aromatic rings. The normalized spacial score (nSPS) is 31.4. The first-order valence-corrected chi connectivity index (χ1v) is 10.6. The Labute approximate surface area is 170 Å². The first kappa shape index (κ1) is 18.8. The van der Waals surface area contributed by atoms with Crippen molar-refractivity contribution in [2.24, 2.45) is 5.92 Å². The summed E-state index contributed by atoms with van der Waals surface area (Å²) in [6.45, 7) is 3.42. The van der Waals surface area contributed by atoms with E-state index >= 15 is 0 Å². The Hall–Kier alpha value is -2.25. The van der Waals surface area contributed by atoms with Gasteiger partial charge in [-0.25, -0.2) is 0 Å². The zero-order valence-electron chi connectivity index (χ0n) is 16.9. The summed E-state index contributed by atoms with van der Waals surface area (Å²) in [5.74, 6) is 0.0702. The molecule has 7 heteroatoms. The summed E-state index contributed by atoms with van der Waals surface area (Å²) in [6, 6.07) is 5.58. The standard InChI is InChI=1S/C22H28N4O3/c1-25(22-7-6-15(9-22)10-23-13-22)11-14-2-3-16-12-26(21(29)17(16)8-14)18-4-5-19(27)24-20(18)28/h2-3,8,15,18,23H,4-7,9-13H2,1H3,(H,24,27,28). The Morgan fingerprint density at radius 3 is 2.93 bits per heavy atom. The second kappa shape index (κ2) is 6.92. The van der Waals surface area contributed by atoms with E-state index in [2.05, 4.69) is 28.6 Å². The number of imide groups is 1. The third kappa shape index (κ3) is 3.16. The SMILES string of the molecule is CN(Cc1ccc2c(c1)C(=O)N(C1CCC(=O)NC1=O)C2)C12CCC(CNC1)C2. The van der Waals surface area contributed by atoms with Crippen LogP contribution in [0.2, 0.25) is 0 Å². The van der Waals surface area contributed by atoms with Crippen LogP contribution < -0.4 is 10.6 Å². The minimum Gasteiger partial charge on any atom is -0.322 e. The van der Waals surface area contributed by atoms with Crippen molar-refractivity contribution >= 4 is 17.7 Å². The van der Waals surface area contributed by atoms with Gasteiger partial charge in [-0.15, -0.1) is 0 Å². The van der Waals surface area contributed by atoms with Gasteiger partial charge in [-0.3, -0.25) is 24.6 Å². The predicted molar refractivity (Wildman–Crippen MR) is 107 cm³/mol. The van der Waals surface area contributed by atoms with Gasteiger partial charge in [0, 0.05) is 37.2 Å². The lowest BCUT2D eigenvalue weighted by Gasteiger charge is -2.42. The number of likely N-dealkylation sites (N-methyl/N-ethyl adjacent to an activating group) is 1. The average molecular weight is 396 g/mol. The molecule has 0 spiro atoms. The lowest BCUT2D eigenvalue weighted by atomic mass is 9.90. The number of carbonyl (C=O) groups is 3. The molecule has 2 bridgehead atoms. The molecule has 3 fully saturated rings. The molecule has 1 aromatic carbocycles.